The van der Waals surface area contributed by atoms with Crippen LogP contribution >= 0.6 is 0 Å². The van der Waals surface area contributed by atoms with E-state index < -0.39 is 0 Å². The van der Waals surface area contributed by atoms with Gasteiger partial charge < -0.3 is 0 Å². The van der Waals surface area contributed by atoms with Gasteiger partial charge in [0.2, 0.25) is 0 Å². The lowest BCUT2D eigenvalue weighted by Crippen LogP contribution is -1.91. The van der Waals surface area contributed by atoms with Crippen LogP contribution in [-0.2, 0) is 0 Å². The number of rotatable bonds is 4. The van der Waals surface area contributed by atoms with Crippen LogP contribution in [0.15, 0.2) is 194 Å². The highest BCUT2D eigenvalue weighted by Crippen LogP contribution is 2.45. The summed E-state index contributed by atoms with van der Waals surface area (Å²) in [7, 11) is 0. The van der Waals surface area contributed by atoms with E-state index in [1.54, 1.807) is 0 Å². The number of benzene rings is 10. The molecule has 0 aliphatic carbocycles. The monoisotopic (exact) mass is 632 g/mol. The Labute approximate surface area is 291 Å². The molecule has 0 heteroatoms. The first-order valence-electron chi connectivity index (χ1n) is 17.3. The summed E-state index contributed by atoms with van der Waals surface area (Å²) in [5.74, 6) is 0. The Hall–Kier alpha value is -6.50. The van der Waals surface area contributed by atoms with Crippen molar-refractivity contribution in [3.63, 3.8) is 0 Å². The molecule has 0 heterocycles. The molecule has 0 bridgehead atoms. The summed E-state index contributed by atoms with van der Waals surface area (Å²) in [4.78, 5) is 0. The predicted octanol–water partition coefficient (Wildman–Crippen LogP) is 14.1. The van der Waals surface area contributed by atoms with Crippen LogP contribution in [0.4, 0.5) is 0 Å². The van der Waals surface area contributed by atoms with Crippen LogP contribution in [0.5, 0.6) is 0 Å². The molecule has 0 nitrogen and oxygen atoms in total. The van der Waals surface area contributed by atoms with Crippen molar-refractivity contribution < 1.29 is 0 Å². The highest BCUT2D eigenvalue weighted by Gasteiger charge is 2.17. The maximum Gasteiger partial charge on any atom is -0.00262 e. The summed E-state index contributed by atoms with van der Waals surface area (Å²) in [5.41, 5.74) is 9.91. The molecule has 10 aromatic rings. The third-order valence-electron chi connectivity index (χ3n) is 10.4. The first-order chi connectivity index (χ1) is 24.8. The maximum absolute atomic E-state index is 2.37. The van der Waals surface area contributed by atoms with Gasteiger partial charge in [-0.25, -0.2) is 0 Å². The molecule has 232 valence electrons. The normalized spacial score (nSPS) is 11.6. The zero-order chi connectivity index (χ0) is 33.0. The van der Waals surface area contributed by atoms with E-state index >= 15 is 0 Å². The van der Waals surface area contributed by atoms with Gasteiger partial charge in [0, 0.05) is 0 Å². The van der Waals surface area contributed by atoms with E-state index in [1.165, 1.54) is 98.4 Å². The molecule has 0 radical (unpaired) electrons. The molecule has 0 amide bonds. The Balaban J connectivity index is 1.12. The van der Waals surface area contributed by atoms with E-state index in [-0.39, 0.29) is 0 Å². The summed E-state index contributed by atoms with van der Waals surface area (Å²) in [5, 5.41) is 12.7. The van der Waals surface area contributed by atoms with Crippen molar-refractivity contribution in [2.24, 2.45) is 0 Å². The lowest BCUT2D eigenvalue weighted by atomic mass is 9.85. The highest BCUT2D eigenvalue weighted by atomic mass is 14.2. The quantitative estimate of drug-likeness (QED) is 0.134. The van der Waals surface area contributed by atoms with Crippen molar-refractivity contribution in [2.45, 2.75) is 0 Å². The Morgan fingerprint density at radius 2 is 0.560 bits per heavy atom. The molecule has 50 heavy (non-hydrogen) atoms. The Bertz CT molecular complexity index is 2870. The number of hydrogen-bond donors (Lipinski definition) is 0. The SMILES string of the molecule is c1cc(-c2cccc(-c3c4ccccc4c(-c4ccc5ccccc5c4)c4ccccc34)c2)cc(-c2ccc3ccc4ccccc4c3c2)c1. The lowest BCUT2D eigenvalue weighted by Gasteiger charge is -2.18. The third-order valence-corrected chi connectivity index (χ3v) is 10.4. The first-order valence-corrected chi connectivity index (χ1v) is 17.3. The van der Waals surface area contributed by atoms with Crippen LogP contribution in [0.25, 0.3) is 98.4 Å². The Kier molecular flexibility index (Phi) is 6.60. The minimum absolute atomic E-state index is 1.21. The van der Waals surface area contributed by atoms with Gasteiger partial charge in [-0.2, -0.15) is 0 Å². The molecular weight excluding hydrogens is 601 g/mol. The van der Waals surface area contributed by atoms with E-state index in [9.17, 15) is 0 Å². The molecule has 0 saturated heterocycles. The van der Waals surface area contributed by atoms with E-state index in [0.29, 0.717) is 0 Å². The largest absolute Gasteiger partial charge is 0.0616 e. The Morgan fingerprint density at radius 1 is 0.180 bits per heavy atom. The molecular formula is C50H32. The standard InChI is InChI=1S/C50H32/c1-2-13-36-30-42(28-23-33(36)11-1)50-46-21-7-5-19-44(46)49(45-20-6-8-22-47(45)50)41-17-10-16-39(31-41)37-14-9-15-38(29-37)40-27-26-35-25-24-34-12-3-4-18-43(34)48(35)32-40/h1-32H. The van der Waals surface area contributed by atoms with Crippen LogP contribution in [0.1, 0.15) is 0 Å². The third kappa shape index (κ3) is 4.69. The van der Waals surface area contributed by atoms with Crippen LogP contribution < -0.4 is 0 Å². The van der Waals surface area contributed by atoms with Crippen LogP contribution in [0, 0.1) is 0 Å². The fourth-order valence-electron chi connectivity index (χ4n) is 8.01. The van der Waals surface area contributed by atoms with E-state index in [4.69, 9.17) is 0 Å². The van der Waals surface area contributed by atoms with Crippen LogP contribution in [0.2, 0.25) is 0 Å². The fourth-order valence-corrected chi connectivity index (χ4v) is 8.01. The first kappa shape index (κ1) is 28.5. The van der Waals surface area contributed by atoms with Gasteiger partial charge in [-0.15, -0.1) is 0 Å². The molecule has 0 aliphatic rings. The van der Waals surface area contributed by atoms with E-state index in [1.807, 2.05) is 0 Å². The number of fused-ring (bicyclic) bond motifs is 6. The molecule has 0 spiro atoms. The molecule has 0 atom stereocenters. The average molecular weight is 633 g/mol. The second kappa shape index (κ2) is 11.6. The molecule has 0 unspecified atom stereocenters. The molecule has 10 aromatic carbocycles. The van der Waals surface area contributed by atoms with Crippen LogP contribution in [0.3, 0.4) is 0 Å². The fraction of sp³-hybridized carbons (Fsp3) is 0. The molecule has 0 N–H and O–H groups in total. The summed E-state index contributed by atoms with van der Waals surface area (Å²) < 4.78 is 0. The van der Waals surface area contributed by atoms with Gasteiger partial charge in [0.25, 0.3) is 0 Å². The molecule has 0 aliphatic heterocycles. The van der Waals surface area contributed by atoms with Gasteiger partial charge in [-0.05, 0) is 123 Å². The molecule has 0 fully saturated rings. The molecule has 0 aromatic heterocycles. The second-order valence-electron chi connectivity index (χ2n) is 13.3. The van der Waals surface area contributed by atoms with Gasteiger partial charge in [0.15, 0.2) is 0 Å². The van der Waals surface area contributed by atoms with Crippen molar-refractivity contribution in [1.82, 2.24) is 0 Å². The lowest BCUT2D eigenvalue weighted by molar-refractivity contribution is 1.59. The highest BCUT2D eigenvalue weighted by molar-refractivity contribution is 6.22. The van der Waals surface area contributed by atoms with Crippen molar-refractivity contribution in [3.05, 3.63) is 194 Å². The zero-order valence-corrected chi connectivity index (χ0v) is 27.5. The van der Waals surface area contributed by atoms with Crippen molar-refractivity contribution in [3.8, 4) is 44.5 Å². The van der Waals surface area contributed by atoms with Gasteiger partial charge in [0.05, 0.1) is 0 Å². The second-order valence-corrected chi connectivity index (χ2v) is 13.3. The average Bonchev–Trinajstić information content (AvgIpc) is 3.19. The summed E-state index contributed by atoms with van der Waals surface area (Å²) >= 11 is 0. The number of hydrogen-bond acceptors (Lipinski definition) is 0. The summed E-state index contributed by atoms with van der Waals surface area (Å²) in [6.07, 6.45) is 0. The van der Waals surface area contributed by atoms with Gasteiger partial charge >= 0.3 is 0 Å². The molecule has 0 saturated carbocycles. The van der Waals surface area contributed by atoms with E-state index in [0.717, 1.165) is 0 Å². The molecule has 10 rings (SSSR count). The van der Waals surface area contributed by atoms with Crippen molar-refractivity contribution in [2.75, 3.05) is 0 Å². The van der Waals surface area contributed by atoms with Gasteiger partial charge in [-0.1, -0.05) is 170 Å². The van der Waals surface area contributed by atoms with Crippen molar-refractivity contribution in [1.29, 1.82) is 0 Å². The van der Waals surface area contributed by atoms with Gasteiger partial charge in [-0.3, -0.25) is 0 Å². The Morgan fingerprint density at radius 3 is 1.18 bits per heavy atom. The van der Waals surface area contributed by atoms with Crippen molar-refractivity contribution >= 4 is 53.9 Å². The minimum atomic E-state index is 1.21. The maximum atomic E-state index is 2.37. The van der Waals surface area contributed by atoms with Gasteiger partial charge in [0.1, 0.15) is 0 Å². The van der Waals surface area contributed by atoms with Crippen LogP contribution in [-0.4, -0.2) is 0 Å². The zero-order valence-electron chi connectivity index (χ0n) is 27.5. The minimum Gasteiger partial charge on any atom is -0.0616 e. The predicted molar refractivity (Wildman–Crippen MR) is 216 cm³/mol. The summed E-state index contributed by atoms with van der Waals surface area (Å²) in [6.45, 7) is 0. The smallest absolute Gasteiger partial charge is 0.00262 e. The van der Waals surface area contributed by atoms with E-state index in [2.05, 4.69) is 194 Å². The summed E-state index contributed by atoms with van der Waals surface area (Å²) in [6, 6.07) is 71.4. The topological polar surface area (TPSA) is 0 Å².